The normalized spacial score (nSPS) is 11.1. The fourth-order valence-electron chi connectivity index (χ4n) is 3.53. The lowest BCUT2D eigenvalue weighted by atomic mass is 10.1. The van der Waals surface area contributed by atoms with Crippen molar-refractivity contribution in [2.75, 3.05) is 19.5 Å². The quantitative estimate of drug-likeness (QED) is 0.287. The van der Waals surface area contributed by atoms with Crippen LogP contribution >= 0.6 is 27.5 Å². The Morgan fingerprint density at radius 3 is 2.66 bits per heavy atom. The number of para-hydroxylation sites is 1. The first-order chi connectivity index (χ1) is 15.6. The third kappa shape index (κ3) is 3.61. The number of benzene rings is 3. The third-order valence-electron chi connectivity index (χ3n) is 5.08. The number of rotatable bonds is 5. The first kappa shape index (κ1) is 20.5. The number of hydrogen-bond donors (Lipinski definition) is 2. The van der Waals surface area contributed by atoms with Crippen LogP contribution in [0.4, 0.5) is 11.5 Å². The zero-order chi connectivity index (χ0) is 22.2. The van der Waals surface area contributed by atoms with E-state index in [9.17, 15) is 0 Å². The van der Waals surface area contributed by atoms with E-state index in [1.54, 1.807) is 20.3 Å². The predicted octanol–water partition coefficient (Wildman–Crippen LogP) is 6.35. The van der Waals surface area contributed by atoms with Crippen molar-refractivity contribution in [2.24, 2.45) is 0 Å². The number of imidazole rings is 1. The van der Waals surface area contributed by atoms with E-state index >= 15 is 0 Å². The standard InChI is InChI=1S/C23H17BrClN5O2/c1-31-13-9-15-20(19(10-13)32-2)26-11-27-22(15)28-12-6-7-17(25)14(8-12)23-29-18-5-3-4-16(24)21(18)30-23/h3-11H,1-2H3,(H,29,30)(H,26,27,28). The van der Waals surface area contributed by atoms with E-state index in [2.05, 4.69) is 36.2 Å². The summed E-state index contributed by atoms with van der Waals surface area (Å²) < 4.78 is 11.8. The molecule has 9 heteroatoms. The van der Waals surface area contributed by atoms with Gasteiger partial charge in [-0.05, 0) is 52.3 Å². The first-order valence-corrected chi connectivity index (χ1v) is 10.8. The van der Waals surface area contributed by atoms with Gasteiger partial charge in [0.1, 0.15) is 40.5 Å². The summed E-state index contributed by atoms with van der Waals surface area (Å²) in [4.78, 5) is 16.8. The molecular formula is C23H17BrClN5O2. The number of nitrogens with zero attached hydrogens (tertiary/aromatic N) is 3. The van der Waals surface area contributed by atoms with Crippen LogP contribution in [0.5, 0.6) is 11.5 Å². The average molecular weight is 511 g/mol. The van der Waals surface area contributed by atoms with Crippen LogP contribution in [0, 0.1) is 0 Å². The van der Waals surface area contributed by atoms with Crippen LogP contribution in [0.25, 0.3) is 33.3 Å². The minimum Gasteiger partial charge on any atom is -0.497 e. The van der Waals surface area contributed by atoms with Gasteiger partial charge in [0.05, 0.1) is 30.1 Å². The predicted molar refractivity (Wildman–Crippen MR) is 130 cm³/mol. The van der Waals surface area contributed by atoms with Gasteiger partial charge in [0.2, 0.25) is 0 Å². The molecule has 2 aromatic heterocycles. The zero-order valence-electron chi connectivity index (χ0n) is 17.1. The van der Waals surface area contributed by atoms with Gasteiger partial charge in [-0.3, -0.25) is 0 Å². The van der Waals surface area contributed by atoms with Gasteiger partial charge < -0.3 is 19.8 Å². The van der Waals surface area contributed by atoms with Gasteiger partial charge >= 0.3 is 0 Å². The van der Waals surface area contributed by atoms with E-state index in [0.29, 0.717) is 33.7 Å². The highest BCUT2D eigenvalue weighted by atomic mass is 79.9. The molecule has 0 aliphatic heterocycles. The second-order valence-corrected chi connectivity index (χ2v) is 8.25. The maximum atomic E-state index is 6.52. The van der Waals surface area contributed by atoms with E-state index in [4.69, 9.17) is 26.1 Å². The van der Waals surface area contributed by atoms with Gasteiger partial charge in [0.25, 0.3) is 0 Å². The van der Waals surface area contributed by atoms with Gasteiger partial charge in [-0.2, -0.15) is 0 Å². The second kappa shape index (κ2) is 8.29. The number of aromatic amines is 1. The van der Waals surface area contributed by atoms with Crippen LogP contribution < -0.4 is 14.8 Å². The lowest BCUT2D eigenvalue weighted by molar-refractivity contribution is 0.397. The molecule has 5 aromatic rings. The molecule has 7 nitrogen and oxygen atoms in total. The van der Waals surface area contributed by atoms with Crippen molar-refractivity contribution in [3.05, 3.63) is 64.4 Å². The molecule has 0 radical (unpaired) electrons. The Balaban J connectivity index is 1.58. The SMILES string of the molecule is COc1cc(OC)c2ncnc(Nc3ccc(Cl)c(-c4nc5c(Br)cccc5[nH]4)c3)c2c1. The lowest BCUT2D eigenvalue weighted by Crippen LogP contribution is -1.99. The Labute approximate surface area is 196 Å². The summed E-state index contributed by atoms with van der Waals surface area (Å²) in [6.07, 6.45) is 1.49. The van der Waals surface area contributed by atoms with Crippen LogP contribution in [-0.2, 0) is 0 Å². The van der Waals surface area contributed by atoms with E-state index < -0.39 is 0 Å². The Hall–Kier alpha value is -3.36. The molecule has 0 atom stereocenters. The third-order valence-corrected chi connectivity index (χ3v) is 6.05. The van der Waals surface area contributed by atoms with Crippen molar-refractivity contribution in [3.8, 4) is 22.9 Å². The summed E-state index contributed by atoms with van der Waals surface area (Å²) in [5, 5.41) is 4.72. The molecule has 3 aromatic carbocycles. The van der Waals surface area contributed by atoms with Crippen molar-refractivity contribution in [1.82, 2.24) is 19.9 Å². The number of ether oxygens (including phenoxy) is 2. The first-order valence-electron chi connectivity index (χ1n) is 9.65. The van der Waals surface area contributed by atoms with Crippen LogP contribution in [0.2, 0.25) is 5.02 Å². The molecule has 0 unspecified atom stereocenters. The van der Waals surface area contributed by atoms with Crippen molar-refractivity contribution < 1.29 is 9.47 Å². The summed E-state index contributed by atoms with van der Waals surface area (Å²) >= 11 is 10.1. The molecule has 2 heterocycles. The molecule has 0 aliphatic rings. The maximum Gasteiger partial charge on any atom is 0.148 e. The van der Waals surface area contributed by atoms with E-state index in [0.717, 1.165) is 32.1 Å². The van der Waals surface area contributed by atoms with Crippen LogP contribution in [0.15, 0.2) is 59.3 Å². The minimum absolute atomic E-state index is 0.585. The number of anilines is 2. The second-order valence-electron chi connectivity index (χ2n) is 6.99. The van der Waals surface area contributed by atoms with Gasteiger partial charge in [-0.1, -0.05) is 17.7 Å². The monoisotopic (exact) mass is 509 g/mol. The molecule has 5 rings (SSSR count). The van der Waals surface area contributed by atoms with Gasteiger partial charge in [0.15, 0.2) is 0 Å². The van der Waals surface area contributed by atoms with Crippen LogP contribution in [-0.4, -0.2) is 34.2 Å². The minimum atomic E-state index is 0.585. The Bertz CT molecular complexity index is 1470. The maximum absolute atomic E-state index is 6.52. The number of halogens is 2. The number of hydrogen-bond acceptors (Lipinski definition) is 6. The van der Waals surface area contributed by atoms with Gasteiger partial charge in [0, 0.05) is 21.8 Å². The molecule has 32 heavy (non-hydrogen) atoms. The summed E-state index contributed by atoms with van der Waals surface area (Å²) in [6.45, 7) is 0. The highest BCUT2D eigenvalue weighted by Crippen LogP contribution is 2.36. The van der Waals surface area contributed by atoms with Gasteiger partial charge in [-0.25, -0.2) is 15.0 Å². The molecule has 2 N–H and O–H groups in total. The number of nitrogens with one attached hydrogen (secondary N) is 2. The molecule has 0 amide bonds. The van der Waals surface area contributed by atoms with Gasteiger partial charge in [-0.15, -0.1) is 0 Å². The molecule has 0 fully saturated rings. The van der Waals surface area contributed by atoms with Crippen LogP contribution in [0.3, 0.4) is 0 Å². The van der Waals surface area contributed by atoms with E-state index in [-0.39, 0.29) is 0 Å². The van der Waals surface area contributed by atoms with Crippen molar-refractivity contribution >= 4 is 61.0 Å². The Morgan fingerprint density at radius 2 is 1.88 bits per heavy atom. The average Bonchev–Trinajstić information content (AvgIpc) is 3.25. The van der Waals surface area contributed by atoms with Crippen molar-refractivity contribution in [2.45, 2.75) is 0 Å². The molecule has 0 aliphatic carbocycles. The molecule has 0 spiro atoms. The summed E-state index contributed by atoms with van der Waals surface area (Å²) in [5.74, 6) is 2.55. The largest absolute Gasteiger partial charge is 0.497 e. The summed E-state index contributed by atoms with van der Waals surface area (Å²) in [5.41, 5.74) is 4.02. The smallest absolute Gasteiger partial charge is 0.148 e. The number of aromatic nitrogens is 4. The topological polar surface area (TPSA) is 84.9 Å². The fourth-order valence-corrected chi connectivity index (χ4v) is 4.19. The molecule has 160 valence electrons. The van der Waals surface area contributed by atoms with Crippen molar-refractivity contribution in [1.29, 1.82) is 0 Å². The highest BCUT2D eigenvalue weighted by molar-refractivity contribution is 9.10. The highest BCUT2D eigenvalue weighted by Gasteiger charge is 2.14. The number of methoxy groups -OCH3 is 2. The van der Waals surface area contributed by atoms with Crippen LogP contribution in [0.1, 0.15) is 0 Å². The number of H-pyrrole nitrogens is 1. The summed E-state index contributed by atoms with van der Waals surface area (Å²) in [6, 6.07) is 15.2. The van der Waals surface area contributed by atoms with Crippen molar-refractivity contribution in [3.63, 3.8) is 0 Å². The fraction of sp³-hybridized carbons (Fsp3) is 0.0870. The molecule has 0 bridgehead atoms. The van der Waals surface area contributed by atoms with E-state index in [1.165, 1.54) is 6.33 Å². The summed E-state index contributed by atoms with van der Waals surface area (Å²) in [7, 11) is 3.20. The number of fused-ring (bicyclic) bond motifs is 2. The Morgan fingerprint density at radius 1 is 1.00 bits per heavy atom. The zero-order valence-corrected chi connectivity index (χ0v) is 19.5. The Kier molecular flexibility index (Phi) is 5.32. The lowest BCUT2D eigenvalue weighted by Gasteiger charge is -2.13. The molecule has 0 saturated heterocycles. The molecular weight excluding hydrogens is 494 g/mol. The van der Waals surface area contributed by atoms with E-state index in [1.807, 2.05) is 42.5 Å². The molecule has 0 saturated carbocycles.